The molecule has 0 unspecified atom stereocenters. The summed E-state index contributed by atoms with van der Waals surface area (Å²) in [6.45, 7) is -0.178. The van der Waals surface area contributed by atoms with E-state index in [2.05, 4.69) is 10.1 Å². The number of rotatable bonds is 4. The molecule has 136 valence electrons. The molecule has 9 heteroatoms. The van der Waals surface area contributed by atoms with Gasteiger partial charge in [0, 0.05) is 0 Å². The van der Waals surface area contributed by atoms with E-state index < -0.39 is 18.4 Å². The highest BCUT2D eigenvalue weighted by Gasteiger charge is 2.33. The number of alkyl halides is 3. The van der Waals surface area contributed by atoms with E-state index in [9.17, 15) is 22.8 Å². The average molecular weight is 365 g/mol. The molecule has 0 aromatic heterocycles. The first-order chi connectivity index (χ1) is 12.2. The van der Waals surface area contributed by atoms with Crippen molar-refractivity contribution in [3.8, 4) is 5.75 Å². The Morgan fingerprint density at radius 3 is 2.42 bits per heavy atom. The number of hydrogen-bond donors (Lipinski definition) is 2. The van der Waals surface area contributed by atoms with Gasteiger partial charge in [0.1, 0.15) is 11.9 Å². The van der Waals surface area contributed by atoms with Gasteiger partial charge in [0.05, 0.1) is 17.8 Å². The van der Waals surface area contributed by atoms with Gasteiger partial charge in [0.25, 0.3) is 5.91 Å². The number of anilines is 1. The molecule has 26 heavy (non-hydrogen) atoms. The van der Waals surface area contributed by atoms with Gasteiger partial charge in [-0.15, -0.1) is 13.2 Å². The third-order valence-corrected chi connectivity index (χ3v) is 3.79. The number of nitrogens with one attached hydrogen (secondary N) is 1. The van der Waals surface area contributed by atoms with Gasteiger partial charge in [-0.1, -0.05) is 24.3 Å². The van der Waals surface area contributed by atoms with E-state index in [-0.39, 0.29) is 18.2 Å². The fourth-order valence-corrected chi connectivity index (χ4v) is 2.79. The van der Waals surface area contributed by atoms with Crippen molar-refractivity contribution in [2.45, 2.75) is 12.5 Å². The van der Waals surface area contributed by atoms with Crippen LogP contribution < -0.4 is 20.7 Å². The summed E-state index contributed by atoms with van der Waals surface area (Å²) in [7, 11) is 0. The second-order valence-electron chi connectivity index (χ2n) is 5.60. The van der Waals surface area contributed by atoms with Crippen LogP contribution in [0.25, 0.3) is 0 Å². The maximum atomic E-state index is 12.3. The molecule has 1 heterocycles. The summed E-state index contributed by atoms with van der Waals surface area (Å²) in [4.78, 5) is 25.4. The van der Waals surface area contributed by atoms with Crippen molar-refractivity contribution in [2.24, 2.45) is 5.73 Å². The Bertz CT molecular complexity index is 837. The van der Waals surface area contributed by atoms with Gasteiger partial charge in [0.15, 0.2) is 0 Å². The van der Waals surface area contributed by atoms with Crippen LogP contribution in [-0.2, 0) is 4.79 Å². The Hall–Kier alpha value is -3.23. The third-order valence-electron chi connectivity index (χ3n) is 3.79. The van der Waals surface area contributed by atoms with E-state index in [1.165, 1.54) is 12.1 Å². The Morgan fingerprint density at radius 1 is 1.15 bits per heavy atom. The lowest BCUT2D eigenvalue weighted by molar-refractivity contribution is -0.274. The molecule has 2 aromatic carbocycles. The number of halogens is 3. The van der Waals surface area contributed by atoms with Crippen LogP contribution >= 0.6 is 0 Å². The molecule has 0 saturated carbocycles. The summed E-state index contributed by atoms with van der Waals surface area (Å²) in [5.41, 5.74) is 6.67. The van der Waals surface area contributed by atoms with Gasteiger partial charge >= 0.3 is 6.36 Å². The number of benzene rings is 2. The Morgan fingerprint density at radius 2 is 1.81 bits per heavy atom. The van der Waals surface area contributed by atoms with E-state index in [4.69, 9.17) is 5.73 Å². The van der Waals surface area contributed by atoms with Crippen molar-refractivity contribution < 1.29 is 27.5 Å². The molecule has 1 atom stereocenters. The van der Waals surface area contributed by atoms with Gasteiger partial charge in [0.2, 0.25) is 5.91 Å². The molecule has 2 amide bonds. The molecular formula is C17H14F3N3O3. The zero-order valence-corrected chi connectivity index (χ0v) is 13.3. The maximum Gasteiger partial charge on any atom is 0.573 e. The highest BCUT2D eigenvalue weighted by Crippen LogP contribution is 2.33. The topological polar surface area (TPSA) is 84.7 Å². The highest BCUT2D eigenvalue weighted by atomic mass is 19.4. The van der Waals surface area contributed by atoms with Gasteiger partial charge in [-0.25, -0.2) is 0 Å². The summed E-state index contributed by atoms with van der Waals surface area (Å²) >= 11 is 0. The van der Waals surface area contributed by atoms with E-state index >= 15 is 0 Å². The number of primary amides is 1. The van der Waals surface area contributed by atoms with E-state index in [1.807, 2.05) is 0 Å². The van der Waals surface area contributed by atoms with E-state index in [0.29, 0.717) is 16.8 Å². The van der Waals surface area contributed by atoms with Crippen LogP contribution in [-0.4, -0.2) is 24.7 Å². The minimum absolute atomic E-state index is 0.178. The quantitative estimate of drug-likeness (QED) is 0.871. The number of nitrogens with two attached hydrogens (primary N) is 1. The van der Waals surface area contributed by atoms with Crippen LogP contribution in [0.1, 0.15) is 22.1 Å². The van der Waals surface area contributed by atoms with Crippen molar-refractivity contribution in [2.75, 3.05) is 11.4 Å². The number of nitrogens with zero attached hydrogens (tertiary/aromatic N) is 1. The van der Waals surface area contributed by atoms with Gasteiger partial charge in [-0.05, 0) is 29.8 Å². The SMILES string of the molecule is NC(=O)CN1c2ccccc2C(=O)N[C@@H]1c1ccc(OC(F)(F)F)cc1. The molecule has 1 aliphatic heterocycles. The van der Waals surface area contributed by atoms with Crippen LogP contribution in [0.15, 0.2) is 48.5 Å². The number of hydrogen-bond acceptors (Lipinski definition) is 4. The number of para-hydroxylation sites is 1. The maximum absolute atomic E-state index is 12.3. The Kier molecular flexibility index (Phi) is 4.45. The normalized spacial score (nSPS) is 16.7. The standard InChI is InChI=1S/C17H14F3N3O3/c18-17(19,20)26-11-7-5-10(6-8-11)15-22-16(25)12-3-1-2-4-13(12)23(15)9-14(21)24/h1-8,15H,9H2,(H2,21,24)(H,22,25)/t15-/m0/s1. The summed E-state index contributed by atoms with van der Waals surface area (Å²) in [5.74, 6) is -1.36. The van der Waals surface area contributed by atoms with Crippen molar-refractivity contribution in [3.05, 3.63) is 59.7 Å². The van der Waals surface area contributed by atoms with Crippen LogP contribution in [0.3, 0.4) is 0 Å². The summed E-state index contributed by atoms with van der Waals surface area (Å²) in [5, 5.41) is 2.73. The molecule has 0 bridgehead atoms. The predicted molar refractivity (Wildman–Crippen MR) is 86.3 cm³/mol. The average Bonchev–Trinajstić information content (AvgIpc) is 2.56. The monoisotopic (exact) mass is 365 g/mol. The fraction of sp³-hybridized carbons (Fsp3) is 0.176. The van der Waals surface area contributed by atoms with E-state index in [1.54, 1.807) is 29.2 Å². The van der Waals surface area contributed by atoms with Gasteiger partial charge < -0.3 is 20.7 Å². The molecule has 0 saturated heterocycles. The largest absolute Gasteiger partial charge is 0.573 e. The van der Waals surface area contributed by atoms with Crippen molar-refractivity contribution in [1.29, 1.82) is 0 Å². The summed E-state index contributed by atoms with van der Waals surface area (Å²) in [6.07, 6.45) is -5.55. The minimum atomic E-state index is -4.79. The first kappa shape index (κ1) is 17.6. The highest BCUT2D eigenvalue weighted by molar-refractivity contribution is 6.02. The zero-order valence-electron chi connectivity index (χ0n) is 13.3. The third kappa shape index (κ3) is 3.71. The molecule has 3 rings (SSSR count). The van der Waals surface area contributed by atoms with Crippen molar-refractivity contribution in [3.63, 3.8) is 0 Å². The smallest absolute Gasteiger partial charge is 0.406 e. The zero-order chi connectivity index (χ0) is 18.9. The number of carbonyl (C=O) groups is 2. The molecule has 0 fully saturated rings. The van der Waals surface area contributed by atoms with Crippen LogP contribution in [0.2, 0.25) is 0 Å². The van der Waals surface area contributed by atoms with Gasteiger partial charge in [-0.3, -0.25) is 9.59 Å². The lowest BCUT2D eigenvalue weighted by Crippen LogP contribution is -2.49. The molecule has 2 aromatic rings. The Labute approximate surface area is 146 Å². The molecule has 0 aliphatic carbocycles. The van der Waals surface area contributed by atoms with Crippen LogP contribution in [0, 0.1) is 0 Å². The lowest BCUT2D eigenvalue weighted by Gasteiger charge is -2.38. The number of fused-ring (bicyclic) bond motifs is 1. The van der Waals surface area contributed by atoms with Crippen LogP contribution in [0.5, 0.6) is 5.75 Å². The molecule has 1 aliphatic rings. The molecule has 6 nitrogen and oxygen atoms in total. The van der Waals surface area contributed by atoms with Crippen molar-refractivity contribution >= 4 is 17.5 Å². The fourth-order valence-electron chi connectivity index (χ4n) is 2.79. The lowest BCUT2D eigenvalue weighted by atomic mass is 10.0. The summed E-state index contributed by atoms with van der Waals surface area (Å²) in [6, 6.07) is 11.7. The molecule has 3 N–H and O–H groups in total. The number of amides is 2. The molecular weight excluding hydrogens is 351 g/mol. The number of carbonyl (C=O) groups excluding carboxylic acids is 2. The molecule has 0 spiro atoms. The Balaban J connectivity index is 1.95. The second kappa shape index (κ2) is 6.58. The molecule has 0 radical (unpaired) electrons. The predicted octanol–water partition coefficient (Wildman–Crippen LogP) is 2.32. The minimum Gasteiger partial charge on any atom is -0.406 e. The van der Waals surface area contributed by atoms with E-state index in [0.717, 1.165) is 12.1 Å². The second-order valence-corrected chi connectivity index (χ2v) is 5.60. The first-order valence-electron chi connectivity index (χ1n) is 7.55. The first-order valence-corrected chi connectivity index (χ1v) is 7.55. The van der Waals surface area contributed by atoms with Crippen molar-refractivity contribution in [1.82, 2.24) is 5.32 Å². The summed E-state index contributed by atoms with van der Waals surface area (Å²) < 4.78 is 40.7. The number of ether oxygens (including phenoxy) is 1. The van der Waals surface area contributed by atoms with Crippen LogP contribution in [0.4, 0.5) is 18.9 Å². The van der Waals surface area contributed by atoms with Gasteiger partial charge in [-0.2, -0.15) is 0 Å².